The molecule has 11 nitrogen and oxygen atoms in total. The van der Waals surface area contributed by atoms with E-state index in [1.807, 2.05) is 6.92 Å². The normalized spacial score (nSPS) is 34.8. The molecule has 2 aliphatic rings. The van der Waals surface area contributed by atoms with Gasteiger partial charge in [-0.3, -0.25) is 4.79 Å². The summed E-state index contributed by atoms with van der Waals surface area (Å²) in [6.07, 6.45) is -4.75. The Morgan fingerprint density at radius 1 is 1.19 bits per heavy atom. The zero-order valence-electron chi connectivity index (χ0n) is 18.2. The van der Waals surface area contributed by atoms with Crippen molar-refractivity contribution >= 4 is 11.9 Å². The molecule has 0 bridgehead atoms. The molecule has 182 valence electrons. The van der Waals surface area contributed by atoms with Crippen LogP contribution in [-0.2, 0) is 33.3 Å². The molecule has 8 atom stereocenters. The monoisotopic (exact) mass is 460 g/mol. The van der Waals surface area contributed by atoms with Gasteiger partial charge in [-0.25, -0.2) is 4.79 Å². The van der Waals surface area contributed by atoms with Gasteiger partial charge in [-0.05, 0) is 6.42 Å². The maximum atomic E-state index is 12.3. The zero-order chi connectivity index (χ0) is 23.8. The molecule has 0 amide bonds. The summed E-state index contributed by atoms with van der Waals surface area (Å²) in [7, 11) is 1.19. The van der Waals surface area contributed by atoms with Gasteiger partial charge in [0.15, 0.2) is 6.29 Å². The lowest BCUT2D eigenvalue weighted by molar-refractivity contribution is -0.339. The second-order valence-electron chi connectivity index (χ2n) is 7.60. The van der Waals surface area contributed by atoms with Crippen molar-refractivity contribution in [2.45, 2.75) is 63.2 Å². The molecule has 4 N–H and O–H groups in total. The molecule has 0 aromatic heterocycles. The van der Waals surface area contributed by atoms with Crippen LogP contribution in [0, 0.1) is 11.8 Å². The van der Waals surface area contributed by atoms with Crippen LogP contribution in [0.25, 0.3) is 0 Å². The molecule has 32 heavy (non-hydrogen) atoms. The van der Waals surface area contributed by atoms with E-state index in [0.717, 1.165) is 12.7 Å². The zero-order valence-corrected chi connectivity index (χ0v) is 18.2. The van der Waals surface area contributed by atoms with Gasteiger partial charge >= 0.3 is 11.9 Å². The average molecular weight is 460 g/mol. The number of carbonyl (C=O) groups excluding carboxylic acids is 2. The van der Waals surface area contributed by atoms with Crippen molar-refractivity contribution in [2.24, 2.45) is 11.8 Å². The first-order valence-corrected chi connectivity index (χ1v) is 10.5. The van der Waals surface area contributed by atoms with E-state index in [-0.39, 0.29) is 18.6 Å². The van der Waals surface area contributed by atoms with Crippen molar-refractivity contribution in [3.8, 4) is 0 Å². The topological polar surface area (TPSA) is 161 Å². The molecule has 2 rings (SSSR count). The van der Waals surface area contributed by atoms with Crippen LogP contribution in [0.4, 0.5) is 0 Å². The first-order chi connectivity index (χ1) is 15.3. The summed E-state index contributed by atoms with van der Waals surface area (Å²) in [5, 5.41) is 39.5. The smallest absolute Gasteiger partial charge is 0.337 e. The molecular formula is C21H32O11. The highest BCUT2D eigenvalue weighted by atomic mass is 16.8. The van der Waals surface area contributed by atoms with E-state index in [0.29, 0.717) is 6.42 Å². The number of ether oxygens (including phenoxy) is 5. The largest absolute Gasteiger partial charge is 0.471 e. The van der Waals surface area contributed by atoms with Gasteiger partial charge in [0.05, 0.1) is 38.6 Å². The van der Waals surface area contributed by atoms with E-state index in [4.69, 9.17) is 23.7 Å². The number of hydrogen-bond acceptors (Lipinski definition) is 11. The van der Waals surface area contributed by atoms with E-state index < -0.39 is 67.4 Å². The second-order valence-corrected chi connectivity index (χ2v) is 7.60. The lowest BCUT2D eigenvalue weighted by Gasteiger charge is -2.42. The summed E-state index contributed by atoms with van der Waals surface area (Å²) in [6.45, 7) is 5.31. The lowest BCUT2D eigenvalue weighted by Crippen LogP contribution is -2.60. The van der Waals surface area contributed by atoms with Gasteiger partial charge in [0.25, 0.3) is 0 Å². The van der Waals surface area contributed by atoms with Crippen molar-refractivity contribution in [1.82, 2.24) is 0 Å². The van der Waals surface area contributed by atoms with Crippen LogP contribution in [0.2, 0.25) is 0 Å². The first-order valence-electron chi connectivity index (χ1n) is 10.5. The Balaban J connectivity index is 2.21. The number of methoxy groups -OCH3 is 1. The fourth-order valence-corrected chi connectivity index (χ4v) is 3.56. The van der Waals surface area contributed by atoms with Crippen molar-refractivity contribution < 1.29 is 53.7 Å². The Hall–Kier alpha value is -2.02. The molecule has 2 aliphatic heterocycles. The Bertz CT molecular complexity index is 677. The van der Waals surface area contributed by atoms with Crippen molar-refractivity contribution in [3.63, 3.8) is 0 Å². The minimum absolute atomic E-state index is 0.0819. The van der Waals surface area contributed by atoms with Gasteiger partial charge in [-0.2, -0.15) is 0 Å². The molecular weight excluding hydrogens is 428 g/mol. The van der Waals surface area contributed by atoms with E-state index in [9.17, 15) is 30.0 Å². The van der Waals surface area contributed by atoms with E-state index in [1.54, 1.807) is 0 Å². The summed E-state index contributed by atoms with van der Waals surface area (Å²) in [6, 6.07) is 0. The lowest BCUT2D eigenvalue weighted by atomic mass is 9.81. The summed E-state index contributed by atoms with van der Waals surface area (Å²) in [5.41, 5.74) is 0.0819. The van der Waals surface area contributed by atoms with Crippen LogP contribution >= 0.6 is 0 Å². The summed E-state index contributed by atoms with van der Waals surface area (Å²) < 4.78 is 26.5. The predicted molar refractivity (Wildman–Crippen MR) is 107 cm³/mol. The van der Waals surface area contributed by atoms with E-state index >= 15 is 0 Å². The summed E-state index contributed by atoms with van der Waals surface area (Å²) >= 11 is 0. The highest BCUT2D eigenvalue weighted by Crippen LogP contribution is 2.37. The van der Waals surface area contributed by atoms with E-state index in [1.165, 1.54) is 13.2 Å². The second kappa shape index (κ2) is 12.3. The third-order valence-corrected chi connectivity index (χ3v) is 5.46. The molecule has 0 spiro atoms. The molecule has 0 aliphatic carbocycles. The minimum atomic E-state index is -1.65. The van der Waals surface area contributed by atoms with Crippen LogP contribution in [-0.4, -0.2) is 89.7 Å². The van der Waals surface area contributed by atoms with Crippen LogP contribution in [0.5, 0.6) is 0 Å². The van der Waals surface area contributed by atoms with Crippen LogP contribution < -0.4 is 0 Å². The maximum Gasteiger partial charge on any atom is 0.337 e. The Kier molecular flexibility index (Phi) is 10.1. The standard InChI is InChI=1S/C21H32O11/c1-4-6-7-29-15(23)8-12-11(5-2)20(30-10-13(12)19(27)28-3)32-21-18(26)17(25)16(24)14(9-22)31-21/h5,10-12,14,16-18,20-22,24-26H,2,4,6-9H2,1,3H3. The van der Waals surface area contributed by atoms with Gasteiger partial charge in [0.1, 0.15) is 24.4 Å². The number of aliphatic hydroxyl groups excluding tert-OH is 4. The van der Waals surface area contributed by atoms with E-state index in [2.05, 4.69) is 6.58 Å². The average Bonchev–Trinajstić information content (AvgIpc) is 2.79. The molecule has 0 saturated carbocycles. The minimum Gasteiger partial charge on any atom is -0.471 e. The molecule has 0 aromatic carbocycles. The SMILES string of the molecule is C=CC1C(OC2OC(CO)C(O)C(O)C2O)OC=C(C(=O)OC)C1CC(=O)OCCCC. The third kappa shape index (κ3) is 6.06. The number of carbonyl (C=O) groups is 2. The van der Waals surface area contributed by atoms with Gasteiger partial charge in [-0.15, -0.1) is 6.58 Å². The number of hydrogen-bond donors (Lipinski definition) is 4. The van der Waals surface area contributed by atoms with Crippen LogP contribution in [0.15, 0.2) is 24.5 Å². The van der Waals surface area contributed by atoms with Crippen molar-refractivity contribution in [3.05, 3.63) is 24.5 Å². The van der Waals surface area contributed by atoms with Crippen molar-refractivity contribution in [1.29, 1.82) is 0 Å². The maximum absolute atomic E-state index is 12.3. The molecule has 8 unspecified atom stereocenters. The molecule has 11 heteroatoms. The Morgan fingerprint density at radius 3 is 2.50 bits per heavy atom. The Morgan fingerprint density at radius 2 is 1.91 bits per heavy atom. The molecule has 0 aromatic rings. The highest BCUT2D eigenvalue weighted by Gasteiger charge is 2.47. The number of unbranched alkanes of at least 4 members (excludes halogenated alkanes) is 1. The predicted octanol–water partition coefficient (Wildman–Crippen LogP) is -0.632. The van der Waals surface area contributed by atoms with Gasteiger partial charge in [0, 0.05) is 11.8 Å². The molecule has 1 fully saturated rings. The third-order valence-electron chi connectivity index (χ3n) is 5.46. The quantitative estimate of drug-likeness (QED) is 0.187. The molecule has 0 radical (unpaired) electrons. The van der Waals surface area contributed by atoms with Crippen molar-refractivity contribution in [2.75, 3.05) is 20.3 Å². The highest BCUT2D eigenvalue weighted by molar-refractivity contribution is 5.90. The Labute approximate surface area is 186 Å². The first kappa shape index (κ1) is 26.2. The van der Waals surface area contributed by atoms with Crippen LogP contribution in [0.3, 0.4) is 0 Å². The van der Waals surface area contributed by atoms with Gasteiger partial charge in [-0.1, -0.05) is 19.4 Å². The number of esters is 2. The van der Waals surface area contributed by atoms with Gasteiger partial charge < -0.3 is 44.1 Å². The fourth-order valence-electron chi connectivity index (χ4n) is 3.56. The number of aliphatic hydroxyl groups is 4. The summed E-state index contributed by atoms with van der Waals surface area (Å²) in [4.78, 5) is 24.6. The number of rotatable bonds is 10. The summed E-state index contributed by atoms with van der Waals surface area (Å²) in [5.74, 6) is -2.76. The molecule has 2 heterocycles. The van der Waals surface area contributed by atoms with Gasteiger partial charge in [0.2, 0.25) is 6.29 Å². The fraction of sp³-hybridized carbons (Fsp3) is 0.714. The molecule has 1 saturated heterocycles. The van der Waals surface area contributed by atoms with Crippen LogP contribution in [0.1, 0.15) is 26.2 Å².